The number of carbonyl (C=O) groups excluding carboxylic acids is 4. The Balaban J connectivity index is 0.000000299. The monoisotopic (exact) mass is 1300 g/mol. The molecule has 0 radical (unpaired) electrons. The van der Waals surface area contributed by atoms with Gasteiger partial charge in [-0.05, 0) is 86.6 Å². The van der Waals surface area contributed by atoms with Crippen molar-refractivity contribution in [1.82, 2.24) is 0 Å². The smallest absolute Gasteiger partial charge is 0.344 e. The van der Waals surface area contributed by atoms with Crippen molar-refractivity contribution in [3.63, 3.8) is 0 Å². The van der Waals surface area contributed by atoms with Gasteiger partial charge in [0.05, 0.1) is 100 Å². The molecule has 0 saturated heterocycles. The Hall–Kier alpha value is -7.20. The van der Waals surface area contributed by atoms with Gasteiger partial charge in [0.1, 0.15) is 37.3 Å². The highest BCUT2D eigenvalue weighted by atomic mass is 79.9. The van der Waals surface area contributed by atoms with Gasteiger partial charge in [-0.3, -0.25) is 4.79 Å². The third-order valence-electron chi connectivity index (χ3n) is 9.27. The first-order chi connectivity index (χ1) is 37.5. The second-order valence-corrected chi connectivity index (χ2v) is 21.4. The second kappa shape index (κ2) is 31.6. The Kier molecular flexibility index (Phi) is 26.5. The maximum Gasteiger partial charge on any atom is 0.344 e. The number of benzene rings is 3. The maximum absolute atomic E-state index is 12.4. The number of hydrogen-bond acceptors (Lipinski definition) is 22. The number of sulfonamides is 3. The highest BCUT2D eigenvalue weighted by Gasteiger charge is 2.25. The number of hydrogen-bond donors (Lipinski definition) is 8. The van der Waals surface area contributed by atoms with Crippen molar-refractivity contribution in [3.8, 4) is 0 Å². The summed E-state index contributed by atoms with van der Waals surface area (Å²) in [5.74, 6) is -3.93. The number of nitrogens with one attached hydrogen (secondary N) is 3. The molecule has 0 aliphatic rings. The number of carboxylic acids is 2. The van der Waals surface area contributed by atoms with Crippen LogP contribution in [0.2, 0.25) is 15.1 Å². The Morgan fingerprint density at radius 1 is 0.525 bits per heavy atom. The summed E-state index contributed by atoms with van der Waals surface area (Å²) in [6, 6.07) is 16.5. The lowest BCUT2D eigenvalue weighted by Gasteiger charge is -2.13. The van der Waals surface area contributed by atoms with Gasteiger partial charge < -0.3 is 58.4 Å². The first-order valence-electron chi connectivity index (χ1n) is 22.0. The number of nitrogens with two attached hydrogens (primary N) is 3. The van der Waals surface area contributed by atoms with E-state index in [1.54, 1.807) is 50.2 Å². The van der Waals surface area contributed by atoms with Crippen LogP contribution in [-0.2, 0) is 83.0 Å². The van der Waals surface area contributed by atoms with Crippen LogP contribution in [0.1, 0.15) is 62.2 Å². The molecule has 11 N–H and O–H groups in total. The predicted molar refractivity (Wildman–Crippen MR) is 289 cm³/mol. The molecular weight excluding hydrogens is 1250 g/mol. The number of primary sulfonamides is 3. The van der Waals surface area contributed by atoms with Crippen molar-refractivity contribution in [1.29, 1.82) is 0 Å². The van der Waals surface area contributed by atoms with Gasteiger partial charge in [0.15, 0.2) is 13.2 Å². The van der Waals surface area contributed by atoms with Crippen molar-refractivity contribution in [2.75, 3.05) is 47.7 Å². The average Bonchev–Trinajstić information content (AvgIpc) is 4.21. The highest BCUT2D eigenvalue weighted by Crippen LogP contribution is 2.32. The van der Waals surface area contributed by atoms with E-state index in [2.05, 4.69) is 46.1 Å². The largest absolute Gasteiger partial charge is 0.479 e. The fraction of sp³-hybridized carbons (Fsp3) is 0.217. The minimum atomic E-state index is -4.20. The van der Waals surface area contributed by atoms with Gasteiger partial charge in [0.25, 0.3) is 0 Å². The number of rotatable bonds is 22. The Bertz CT molecular complexity index is 3460. The Labute approximate surface area is 479 Å². The summed E-state index contributed by atoms with van der Waals surface area (Å²) in [6.07, 6.45) is 4.41. The highest BCUT2D eigenvalue weighted by molar-refractivity contribution is 9.09. The van der Waals surface area contributed by atoms with E-state index in [9.17, 15) is 54.0 Å². The molecule has 0 aliphatic carbocycles. The molecule has 3 heterocycles. The van der Waals surface area contributed by atoms with Crippen molar-refractivity contribution >= 4 is 134 Å². The molecule has 0 unspecified atom stereocenters. The number of ether oxygens (including phenoxy) is 4. The molecule has 3 aromatic heterocycles. The van der Waals surface area contributed by atoms with Crippen molar-refractivity contribution in [2.45, 2.75) is 48.2 Å². The SMILES string of the molecule is CCOC(=O)CBr.CCOC(=O)COC(=O)c1cc(S(N)(=O)=O)c(Cl)cc1NCc1ccco1.NS(=O)(=O)c1cc(C(=O)O)c(NCc2ccco2)cc1Cl.NS(=O)(=O)c1cc(C(=O)OCC(=O)O)c(NCc2ccco2)cc1Cl. The number of esters is 4. The summed E-state index contributed by atoms with van der Waals surface area (Å²) in [4.78, 5) is 66.3. The normalized spacial score (nSPS) is 10.9. The molecule has 434 valence electrons. The van der Waals surface area contributed by atoms with Crippen LogP contribution in [0, 0.1) is 0 Å². The molecule has 34 heteroatoms. The van der Waals surface area contributed by atoms with E-state index in [-0.39, 0.29) is 81.0 Å². The lowest BCUT2D eigenvalue weighted by atomic mass is 10.1. The van der Waals surface area contributed by atoms with Crippen molar-refractivity contribution in [3.05, 3.63) is 141 Å². The number of alkyl halides is 1. The summed E-state index contributed by atoms with van der Waals surface area (Å²) in [5.41, 5.74) is -0.186. The second-order valence-electron chi connectivity index (χ2n) is 15.0. The topological polar surface area (TPSA) is 436 Å². The van der Waals surface area contributed by atoms with Gasteiger partial charge in [0.2, 0.25) is 30.1 Å². The van der Waals surface area contributed by atoms with E-state index in [4.69, 9.17) is 78.4 Å². The van der Waals surface area contributed by atoms with E-state index in [0.29, 0.717) is 29.2 Å². The maximum atomic E-state index is 12.4. The van der Waals surface area contributed by atoms with Gasteiger partial charge in [-0.2, -0.15) is 0 Å². The molecule has 6 aromatic rings. The molecular formula is C46H48BrCl3N6O21S3. The van der Waals surface area contributed by atoms with Gasteiger partial charge in [-0.25, -0.2) is 64.6 Å². The van der Waals surface area contributed by atoms with Crippen LogP contribution >= 0.6 is 50.7 Å². The number of furan rings is 3. The fourth-order valence-corrected chi connectivity index (χ4v) is 9.32. The number of aliphatic carboxylic acids is 1. The standard InChI is InChI=1S/C16H17ClN2O7S.C14H13ClN2O7S.C12H11ClN2O5S.C4H7BrO2/c1-2-24-15(20)9-26-16(21)11-6-14(27(18,22)23)12(17)7-13(11)19-8-10-4-3-5-25-10;15-10-5-11(17-6-8-2-1-3-23-8)9(4-12(10)25(16,21)22)14(20)24-7-13(18)19;13-9-5-10(15-6-7-2-1-3-20-7)8(12(16)17)4-11(9)21(14,18)19;1-2-7-4(6)3-5/h3-7,19H,2,8-9H2,1H3,(H2,18,22,23);1-5,17H,6-7H2,(H,18,19)(H2,16,21,22);1-5,15H,6H2,(H,16,17)(H2,14,18,19);2-3H2,1H3. The van der Waals surface area contributed by atoms with E-state index < -0.39 is 87.8 Å². The first kappa shape index (κ1) is 67.1. The fourth-order valence-electron chi connectivity index (χ4n) is 5.86. The zero-order valence-electron chi connectivity index (χ0n) is 41.4. The van der Waals surface area contributed by atoms with Crippen LogP contribution in [-0.4, -0.2) is 103 Å². The lowest BCUT2D eigenvalue weighted by Crippen LogP contribution is -2.19. The van der Waals surface area contributed by atoms with Crippen LogP contribution in [0.25, 0.3) is 0 Å². The number of carboxylic acid groups (broad SMARTS) is 2. The van der Waals surface area contributed by atoms with Crippen LogP contribution < -0.4 is 31.4 Å². The summed E-state index contributed by atoms with van der Waals surface area (Å²) >= 11 is 20.7. The predicted octanol–water partition coefficient (Wildman–Crippen LogP) is 6.18. The van der Waals surface area contributed by atoms with Gasteiger partial charge in [-0.1, -0.05) is 50.7 Å². The van der Waals surface area contributed by atoms with Crippen molar-refractivity contribution in [2.24, 2.45) is 15.4 Å². The first-order valence-corrected chi connectivity index (χ1v) is 28.9. The summed E-state index contributed by atoms with van der Waals surface area (Å²) < 4.78 is 103. The van der Waals surface area contributed by atoms with Crippen LogP contribution in [0.3, 0.4) is 0 Å². The number of halogens is 4. The van der Waals surface area contributed by atoms with Crippen LogP contribution in [0.4, 0.5) is 17.1 Å². The molecule has 27 nitrogen and oxygen atoms in total. The molecule has 3 aromatic carbocycles. The molecule has 80 heavy (non-hydrogen) atoms. The van der Waals surface area contributed by atoms with Crippen LogP contribution in [0.15, 0.2) is 120 Å². The Morgan fingerprint density at radius 3 is 1.12 bits per heavy atom. The molecule has 0 amide bonds. The minimum Gasteiger partial charge on any atom is -0.479 e. The number of aromatic carboxylic acids is 1. The van der Waals surface area contributed by atoms with E-state index in [1.165, 1.54) is 37.0 Å². The molecule has 6 rings (SSSR count). The summed E-state index contributed by atoms with van der Waals surface area (Å²) in [7, 11) is -12.5. The molecule has 0 bridgehead atoms. The Morgan fingerprint density at radius 2 is 0.850 bits per heavy atom. The minimum absolute atomic E-state index is 0.128. The zero-order valence-corrected chi connectivity index (χ0v) is 47.7. The quantitative estimate of drug-likeness (QED) is 0.0213. The van der Waals surface area contributed by atoms with E-state index >= 15 is 0 Å². The van der Waals surface area contributed by atoms with Crippen LogP contribution in [0.5, 0.6) is 0 Å². The van der Waals surface area contributed by atoms with E-state index in [0.717, 1.165) is 18.2 Å². The molecule has 0 saturated carbocycles. The molecule has 0 aliphatic heterocycles. The summed E-state index contributed by atoms with van der Waals surface area (Å²) in [6.45, 7) is 3.04. The van der Waals surface area contributed by atoms with Crippen molar-refractivity contribution < 1.29 is 96.4 Å². The number of carbonyl (C=O) groups is 6. The molecule has 0 spiro atoms. The zero-order chi connectivity index (χ0) is 60.0. The number of anilines is 3. The molecule has 0 fully saturated rings. The van der Waals surface area contributed by atoms with Gasteiger partial charge in [-0.15, -0.1) is 0 Å². The average molecular weight is 1300 g/mol. The third kappa shape index (κ3) is 22.1. The molecule has 0 atom stereocenters. The van der Waals surface area contributed by atoms with E-state index in [1.807, 2.05) is 0 Å². The lowest BCUT2D eigenvalue weighted by molar-refractivity contribution is -0.146. The summed E-state index contributed by atoms with van der Waals surface area (Å²) in [5, 5.41) is 41.2. The third-order valence-corrected chi connectivity index (χ3v) is 13.9. The van der Waals surface area contributed by atoms with Gasteiger partial charge >= 0.3 is 35.8 Å². The van der Waals surface area contributed by atoms with Gasteiger partial charge in [0, 0.05) is 0 Å².